The summed E-state index contributed by atoms with van der Waals surface area (Å²) in [5.74, 6) is 0. The van der Waals surface area contributed by atoms with Gasteiger partial charge in [0, 0.05) is 13.1 Å². The highest BCUT2D eigenvalue weighted by Gasteiger charge is 2.21. The first-order valence-corrected chi connectivity index (χ1v) is 9.13. The molecule has 1 aromatic carbocycles. The molecule has 0 aromatic heterocycles. The van der Waals surface area contributed by atoms with Crippen LogP contribution in [0, 0.1) is 0 Å². The largest absolute Gasteiger partial charge is 0.398 e. The van der Waals surface area contributed by atoms with E-state index in [0.717, 1.165) is 13.1 Å². The molecule has 2 rings (SSSR count). The Kier molecular flexibility index (Phi) is 5.87. The molecule has 21 heavy (non-hydrogen) atoms. The number of nitrogens with two attached hydrogens (primary N) is 1. The molecule has 1 aromatic rings. The summed E-state index contributed by atoms with van der Waals surface area (Å²) >= 11 is 5.95. The Hall–Kier alpha value is -0.820. The van der Waals surface area contributed by atoms with Crippen LogP contribution in [-0.2, 0) is 10.0 Å². The van der Waals surface area contributed by atoms with E-state index in [1.165, 1.54) is 37.8 Å². The van der Waals surface area contributed by atoms with E-state index in [1.807, 2.05) is 0 Å². The summed E-state index contributed by atoms with van der Waals surface area (Å²) in [4.78, 5) is 2.27. The summed E-state index contributed by atoms with van der Waals surface area (Å²) in [6.45, 7) is 3.16. The molecule has 1 aliphatic heterocycles. The van der Waals surface area contributed by atoms with Crippen LogP contribution >= 0.6 is 11.6 Å². The van der Waals surface area contributed by atoms with Crippen molar-refractivity contribution < 1.29 is 8.42 Å². The third-order valence-electron chi connectivity index (χ3n) is 3.68. The fourth-order valence-corrected chi connectivity index (χ4v) is 4.27. The number of hydrogen-bond donors (Lipinski definition) is 2. The van der Waals surface area contributed by atoms with E-state index >= 15 is 0 Å². The Morgan fingerprint density at radius 1 is 1.19 bits per heavy atom. The molecule has 0 saturated carbocycles. The van der Waals surface area contributed by atoms with Crippen LogP contribution in [0.15, 0.2) is 23.1 Å². The van der Waals surface area contributed by atoms with Crippen molar-refractivity contribution in [2.24, 2.45) is 0 Å². The number of nitrogens with zero attached hydrogens (tertiary/aromatic N) is 1. The highest BCUT2D eigenvalue weighted by Crippen LogP contribution is 2.26. The van der Waals surface area contributed by atoms with Gasteiger partial charge < -0.3 is 10.6 Å². The molecule has 0 aliphatic carbocycles. The third-order valence-corrected chi connectivity index (χ3v) is 5.69. The Morgan fingerprint density at radius 2 is 1.86 bits per heavy atom. The second kappa shape index (κ2) is 7.45. The van der Waals surface area contributed by atoms with Crippen molar-refractivity contribution >= 4 is 27.3 Å². The van der Waals surface area contributed by atoms with Crippen molar-refractivity contribution in [2.45, 2.75) is 30.6 Å². The van der Waals surface area contributed by atoms with Crippen LogP contribution in [0.25, 0.3) is 0 Å². The maximum Gasteiger partial charge on any atom is 0.244 e. The predicted molar refractivity (Wildman–Crippen MR) is 86.0 cm³/mol. The van der Waals surface area contributed by atoms with Gasteiger partial charge in [-0.15, -0.1) is 0 Å². The summed E-state index contributed by atoms with van der Waals surface area (Å²) in [5, 5.41) is 0.150. The van der Waals surface area contributed by atoms with E-state index in [1.54, 1.807) is 6.07 Å². The maximum atomic E-state index is 12.3. The molecule has 5 nitrogen and oxygen atoms in total. The van der Waals surface area contributed by atoms with Gasteiger partial charge in [-0.2, -0.15) is 0 Å². The number of hydrogen-bond acceptors (Lipinski definition) is 4. The molecule has 0 unspecified atom stereocenters. The molecule has 0 bridgehead atoms. The Balaban J connectivity index is 1.95. The first-order valence-electron chi connectivity index (χ1n) is 7.27. The van der Waals surface area contributed by atoms with Crippen molar-refractivity contribution in [2.75, 3.05) is 31.9 Å². The number of likely N-dealkylation sites (tertiary alicyclic amines) is 1. The maximum absolute atomic E-state index is 12.3. The van der Waals surface area contributed by atoms with Crippen LogP contribution < -0.4 is 10.5 Å². The van der Waals surface area contributed by atoms with E-state index in [2.05, 4.69) is 9.62 Å². The Morgan fingerprint density at radius 3 is 2.48 bits per heavy atom. The molecule has 3 N–H and O–H groups in total. The number of anilines is 1. The molecule has 0 amide bonds. The van der Waals surface area contributed by atoms with Gasteiger partial charge >= 0.3 is 0 Å². The summed E-state index contributed by atoms with van der Waals surface area (Å²) in [6, 6.07) is 4.70. The summed E-state index contributed by atoms with van der Waals surface area (Å²) in [6.07, 6.45) is 4.89. The molecular formula is C14H22ClN3O2S. The lowest BCUT2D eigenvalue weighted by Gasteiger charge is -2.20. The van der Waals surface area contributed by atoms with Crippen molar-refractivity contribution in [3.63, 3.8) is 0 Å². The number of nitrogens with one attached hydrogen (secondary N) is 1. The van der Waals surface area contributed by atoms with Gasteiger partial charge in [-0.25, -0.2) is 13.1 Å². The average molecular weight is 332 g/mol. The van der Waals surface area contributed by atoms with Gasteiger partial charge in [0.05, 0.1) is 10.7 Å². The third kappa shape index (κ3) is 4.57. The van der Waals surface area contributed by atoms with Crippen molar-refractivity contribution in [1.82, 2.24) is 9.62 Å². The van der Waals surface area contributed by atoms with Crippen LogP contribution in [-0.4, -0.2) is 39.5 Å². The molecule has 7 heteroatoms. The smallest absolute Gasteiger partial charge is 0.244 e. The predicted octanol–water partition coefficient (Wildman–Crippen LogP) is 2.08. The monoisotopic (exact) mass is 331 g/mol. The van der Waals surface area contributed by atoms with Crippen LogP contribution in [0.1, 0.15) is 25.7 Å². The number of halogens is 1. The minimum atomic E-state index is -3.67. The van der Waals surface area contributed by atoms with E-state index in [9.17, 15) is 8.42 Å². The van der Waals surface area contributed by atoms with E-state index in [-0.39, 0.29) is 15.6 Å². The zero-order valence-electron chi connectivity index (χ0n) is 12.0. The Bertz CT molecular complexity index is 549. The van der Waals surface area contributed by atoms with E-state index < -0.39 is 10.0 Å². The van der Waals surface area contributed by atoms with E-state index in [0.29, 0.717) is 13.1 Å². The van der Waals surface area contributed by atoms with Gasteiger partial charge in [-0.05, 0) is 38.1 Å². The zero-order chi connectivity index (χ0) is 15.3. The second-order valence-electron chi connectivity index (χ2n) is 5.31. The van der Waals surface area contributed by atoms with Crippen LogP contribution in [0.3, 0.4) is 0 Å². The fourth-order valence-electron chi connectivity index (χ4n) is 2.58. The molecule has 0 atom stereocenters. The van der Waals surface area contributed by atoms with Crippen LogP contribution in [0.2, 0.25) is 5.02 Å². The minimum Gasteiger partial charge on any atom is -0.398 e. The normalized spacial score (nSPS) is 17.6. The van der Waals surface area contributed by atoms with Gasteiger partial charge in [-0.1, -0.05) is 30.5 Å². The molecule has 0 spiro atoms. The highest BCUT2D eigenvalue weighted by atomic mass is 35.5. The minimum absolute atomic E-state index is 0.0254. The average Bonchev–Trinajstić information content (AvgIpc) is 2.66. The summed E-state index contributed by atoms with van der Waals surface area (Å²) < 4.78 is 27.2. The Labute approximate surface area is 131 Å². The number of nitrogen functional groups attached to an aromatic ring is 1. The van der Waals surface area contributed by atoms with Crippen LogP contribution in [0.5, 0.6) is 0 Å². The first-order chi connectivity index (χ1) is 10.0. The molecule has 1 aliphatic rings. The molecule has 0 radical (unpaired) electrons. The molecule has 1 fully saturated rings. The second-order valence-corrected chi connectivity index (χ2v) is 7.42. The number of rotatable bonds is 5. The SMILES string of the molecule is Nc1cccc(Cl)c1S(=O)(=O)NCCN1CCCCCC1. The van der Waals surface area contributed by atoms with Crippen LogP contribution in [0.4, 0.5) is 5.69 Å². The lowest BCUT2D eigenvalue weighted by atomic mass is 10.2. The standard InChI is InChI=1S/C14H22ClN3O2S/c15-12-6-5-7-13(16)14(12)21(19,20)17-8-11-18-9-3-1-2-4-10-18/h5-7,17H,1-4,8-11,16H2. The fraction of sp³-hybridized carbons (Fsp3) is 0.571. The lowest BCUT2D eigenvalue weighted by molar-refractivity contribution is 0.290. The van der Waals surface area contributed by atoms with E-state index in [4.69, 9.17) is 17.3 Å². The highest BCUT2D eigenvalue weighted by molar-refractivity contribution is 7.89. The molecule has 118 valence electrons. The topological polar surface area (TPSA) is 75.4 Å². The number of benzene rings is 1. The zero-order valence-corrected chi connectivity index (χ0v) is 13.6. The van der Waals surface area contributed by atoms with Crippen molar-refractivity contribution in [3.8, 4) is 0 Å². The van der Waals surface area contributed by atoms with Gasteiger partial charge in [0.15, 0.2) is 0 Å². The van der Waals surface area contributed by atoms with Gasteiger partial charge in [0.1, 0.15) is 4.90 Å². The quantitative estimate of drug-likeness (QED) is 0.810. The lowest BCUT2D eigenvalue weighted by Crippen LogP contribution is -2.35. The van der Waals surface area contributed by atoms with Crippen molar-refractivity contribution in [3.05, 3.63) is 23.2 Å². The molecular weight excluding hydrogens is 310 g/mol. The summed E-state index contributed by atoms with van der Waals surface area (Å²) in [5.41, 5.74) is 5.90. The van der Waals surface area contributed by atoms with Gasteiger partial charge in [0.2, 0.25) is 10.0 Å². The van der Waals surface area contributed by atoms with Gasteiger partial charge in [0.25, 0.3) is 0 Å². The van der Waals surface area contributed by atoms with Crippen molar-refractivity contribution in [1.29, 1.82) is 0 Å². The summed E-state index contributed by atoms with van der Waals surface area (Å²) in [7, 11) is -3.67. The first kappa shape index (κ1) is 16.5. The van der Waals surface area contributed by atoms with Gasteiger partial charge in [-0.3, -0.25) is 0 Å². The molecule has 1 saturated heterocycles. The number of sulfonamides is 1. The molecule has 1 heterocycles.